The Labute approximate surface area is 184 Å². The normalized spacial score (nSPS) is 25.1. The lowest BCUT2D eigenvalue weighted by Gasteiger charge is -2.45. The molecule has 2 bridgehead atoms. The summed E-state index contributed by atoms with van der Waals surface area (Å²) in [6.07, 6.45) is -1.71. The van der Waals surface area contributed by atoms with Crippen molar-refractivity contribution in [3.05, 3.63) is 52.6 Å². The molecule has 5 nitrogen and oxygen atoms in total. The molecule has 32 heavy (non-hydrogen) atoms. The first-order chi connectivity index (χ1) is 15.3. The number of nitrogens with zero attached hydrogens (tertiary/aromatic N) is 4. The second-order valence-corrected chi connectivity index (χ2v) is 9.22. The van der Waals surface area contributed by atoms with Crippen LogP contribution in [-0.2, 0) is 30.5 Å². The van der Waals surface area contributed by atoms with E-state index in [9.17, 15) is 22.4 Å². The molecule has 1 aromatic carbocycles. The van der Waals surface area contributed by atoms with Crippen molar-refractivity contribution < 1.29 is 22.4 Å². The number of halogens is 4. The third-order valence-electron chi connectivity index (χ3n) is 7.23. The molecule has 6 rings (SSSR count). The van der Waals surface area contributed by atoms with E-state index in [4.69, 9.17) is 0 Å². The second kappa shape index (κ2) is 8.17. The van der Waals surface area contributed by atoms with Gasteiger partial charge in [0.15, 0.2) is 5.69 Å². The molecule has 4 aliphatic heterocycles. The maximum absolute atomic E-state index is 13.6. The molecule has 1 unspecified atom stereocenters. The van der Waals surface area contributed by atoms with Crippen LogP contribution in [0.4, 0.5) is 17.6 Å². The lowest BCUT2D eigenvalue weighted by molar-refractivity contribution is -0.142. The van der Waals surface area contributed by atoms with Crippen molar-refractivity contribution in [2.24, 2.45) is 11.8 Å². The Kier molecular flexibility index (Phi) is 5.47. The Morgan fingerprint density at radius 2 is 1.81 bits per heavy atom. The number of hydrogen-bond donors (Lipinski definition) is 0. The highest BCUT2D eigenvalue weighted by Crippen LogP contribution is 2.37. The van der Waals surface area contributed by atoms with E-state index >= 15 is 0 Å². The van der Waals surface area contributed by atoms with Gasteiger partial charge in [0.05, 0.1) is 18.8 Å². The van der Waals surface area contributed by atoms with E-state index in [1.54, 1.807) is 4.90 Å². The molecule has 1 aromatic heterocycles. The first kappa shape index (κ1) is 21.4. The quantitative estimate of drug-likeness (QED) is 0.667. The fourth-order valence-electron chi connectivity index (χ4n) is 5.49. The highest BCUT2D eigenvalue weighted by atomic mass is 19.4. The molecule has 3 saturated heterocycles. The van der Waals surface area contributed by atoms with Crippen LogP contribution >= 0.6 is 0 Å². The van der Waals surface area contributed by atoms with E-state index in [1.807, 2.05) is 0 Å². The predicted octanol–water partition coefficient (Wildman–Crippen LogP) is 3.71. The zero-order valence-electron chi connectivity index (χ0n) is 17.7. The summed E-state index contributed by atoms with van der Waals surface area (Å²) in [5, 5.41) is 3.87. The number of piperidine rings is 3. The smallest absolute Gasteiger partial charge is 0.336 e. The summed E-state index contributed by atoms with van der Waals surface area (Å²) >= 11 is 0. The molecule has 0 aliphatic carbocycles. The third-order valence-corrected chi connectivity index (χ3v) is 7.23. The van der Waals surface area contributed by atoms with Gasteiger partial charge in [-0.1, -0.05) is 12.1 Å². The Hall–Kier alpha value is -2.42. The summed E-state index contributed by atoms with van der Waals surface area (Å²) in [7, 11) is 0. The molecule has 1 atom stereocenters. The Morgan fingerprint density at radius 3 is 2.44 bits per heavy atom. The monoisotopic (exact) mass is 450 g/mol. The second-order valence-electron chi connectivity index (χ2n) is 9.22. The molecular weight excluding hydrogens is 424 g/mol. The van der Waals surface area contributed by atoms with Crippen LogP contribution < -0.4 is 0 Å². The fourth-order valence-corrected chi connectivity index (χ4v) is 5.49. The molecule has 0 radical (unpaired) electrons. The van der Waals surface area contributed by atoms with Crippen LogP contribution in [0.5, 0.6) is 0 Å². The predicted molar refractivity (Wildman–Crippen MR) is 109 cm³/mol. The number of carbonyl (C=O) groups excluding carboxylic acids is 1. The van der Waals surface area contributed by atoms with E-state index in [0.29, 0.717) is 29.5 Å². The van der Waals surface area contributed by atoms with E-state index in [1.165, 1.54) is 28.9 Å². The van der Waals surface area contributed by atoms with Crippen LogP contribution in [0.1, 0.15) is 41.8 Å². The zero-order chi connectivity index (χ0) is 22.5. The van der Waals surface area contributed by atoms with E-state index in [0.717, 1.165) is 32.5 Å². The summed E-state index contributed by atoms with van der Waals surface area (Å²) < 4.78 is 55.4. The van der Waals surface area contributed by atoms with E-state index < -0.39 is 17.7 Å². The highest BCUT2D eigenvalue weighted by molar-refractivity contribution is 5.77. The van der Waals surface area contributed by atoms with Crippen LogP contribution in [-0.4, -0.2) is 51.7 Å². The topological polar surface area (TPSA) is 41.4 Å². The maximum atomic E-state index is 13.6. The summed E-state index contributed by atoms with van der Waals surface area (Å²) in [4.78, 5) is 17.2. The molecular formula is C23H26F4N4O. The molecule has 9 heteroatoms. The van der Waals surface area contributed by atoms with Gasteiger partial charge in [-0.3, -0.25) is 9.48 Å². The minimum absolute atomic E-state index is 0.0116. The van der Waals surface area contributed by atoms with Gasteiger partial charge in [-0.2, -0.15) is 18.3 Å². The van der Waals surface area contributed by atoms with Crippen molar-refractivity contribution in [2.45, 2.75) is 44.9 Å². The number of benzene rings is 1. The standard InChI is InChI=1S/C23H26F4N4O/c24-18-3-1-15(2-4-18)12-31-20-14-30(10-7-19(20)22(28-31)23(25,26)27)21(32)11-17-13-29-8-5-16(17)6-9-29/h1-4,16-17H,5-14H2. The number of amides is 1. The van der Waals surface area contributed by atoms with E-state index in [2.05, 4.69) is 10.00 Å². The summed E-state index contributed by atoms with van der Waals surface area (Å²) in [5.41, 5.74) is 0.377. The molecule has 3 fully saturated rings. The molecule has 0 N–H and O–H groups in total. The van der Waals surface area contributed by atoms with Crippen LogP contribution in [0.15, 0.2) is 24.3 Å². The fraction of sp³-hybridized carbons (Fsp3) is 0.565. The van der Waals surface area contributed by atoms with Gasteiger partial charge in [0.25, 0.3) is 0 Å². The zero-order valence-corrected chi connectivity index (χ0v) is 17.7. The van der Waals surface area contributed by atoms with Gasteiger partial charge in [-0.05, 0) is 61.9 Å². The number of alkyl halides is 3. The number of rotatable bonds is 4. The van der Waals surface area contributed by atoms with Crippen molar-refractivity contribution in [1.29, 1.82) is 0 Å². The minimum Gasteiger partial charge on any atom is -0.336 e. The molecule has 1 amide bonds. The summed E-state index contributed by atoms with van der Waals surface area (Å²) in [6, 6.07) is 5.63. The van der Waals surface area contributed by atoms with Crippen molar-refractivity contribution in [3.63, 3.8) is 0 Å². The van der Waals surface area contributed by atoms with Crippen LogP contribution in [0.2, 0.25) is 0 Å². The van der Waals surface area contributed by atoms with Gasteiger partial charge in [0.1, 0.15) is 5.82 Å². The number of carbonyl (C=O) groups is 1. The van der Waals surface area contributed by atoms with Gasteiger partial charge < -0.3 is 9.80 Å². The van der Waals surface area contributed by atoms with Crippen molar-refractivity contribution in [2.75, 3.05) is 26.2 Å². The van der Waals surface area contributed by atoms with Gasteiger partial charge in [-0.15, -0.1) is 0 Å². The first-order valence-corrected chi connectivity index (χ1v) is 11.2. The highest BCUT2D eigenvalue weighted by Gasteiger charge is 2.41. The number of aromatic nitrogens is 2. The van der Waals surface area contributed by atoms with Crippen molar-refractivity contribution in [3.8, 4) is 0 Å². The maximum Gasteiger partial charge on any atom is 0.435 e. The van der Waals surface area contributed by atoms with Gasteiger partial charge in [-0.25, -0.2) is 4.39 Å². The van der Waals surface area contributed by atoms with Gasteiger partial charge in [0.2, 0.25) is 5.91 Å². The molecule has 2 aromatic rings. The largest absolute Gasteiger partial charge is 0.435 e. The first-order valence-electron chi connectivity index (χ1n) is 11.2. The SMILES string of the molecule is O=C(CC1CN2CCC1CC2)N1CCc2c(C(F)(F)F)nn(Cc3ccc(F)cc3)c2C1. The van der Waals surface area contributed by atoms with Crippen LogP contribution in [0.25, 0.3) is 0 Å². The molecule has 172 valence electrons. The minimum atomic E-state index is -4.56. The number of fused-ring (bicyclic) bond motifs is 4. The average molecular weight is 450 g/mol. The van der Waals surface area contributed by atoms with E-state index in [-0.39, 0.29) is 37.5 Å². The Morgan fingerprint density at radius 1 is 1.09 bits per heavy atom. The Balaban J connectivity index is 1.36. The molecule has 0 spiro atoms. The lowest BCUT2D eigenvalue weighted by Crippen LogP contribution is -2.49. The molecule has 4 aliphatic rings. The Bertz CT molecular complexity index is 993. The lowest BCUT2D eigenvalue weighted by atomic mass is 9.77. The summed E-state index contributed by atoms with van der Waals surface area (Å²) in [5.74, 6) is 0.514. The summed E-state index contributed by atoms with van der Waals surface area (Å²) in [6.45, 7) is 3.64. The van der Waals surface area contributed by atoms with Crippen LogP contribution in [0, 0.1) is 17.7 Å². The van der Waals surface area contributed by atoms with Crippen molar-refractivity contribution in [1.82, 2.24) is 19.6 Å². The third kappa shape index (κ3) is 4.14. The van der Waals surface area contributed by atoms with Gasteiger partial charge >= 0.3 is 6.18 Å². The molecule has 0 saturated carbocycles. The number of hydrogen-bond acceptors (Lipinski definition) is 3. The van der Waals surface area contributed by atoms with Gasteiger partial charge in [0, 0.05) is 25.1 Å². The average Bonchev–Trinajstić information content (AvgIpc) is 3.14. The van der Waals surface area contributed by atoms with Crippen LogP contribution in [0.3, 0.4) is 0 Å². The molecule has 5 heterocycles. The van der Waals surface area contributed by atoms with Crippen molar-refractivity contribution >= 4 is 5.91 Å².